The summed E-state index contributed by atoms with van der Waals surface area (Å²) in [6.07, 6.45) is 0. The lowest BCUT2D eigenvalue weighted by molar-refractivity contribution is 0.548. The molecule has 2 aromatic carbocycles. The summed E-state index contributed by atoms with van der Waals surface area (Å²) in [4.78, 5) is 0. The Bertz CT molecular complexity index is 1090. The summed E-state index contributed by atoms with van der Waals surface area (Å²) in [6, 6.07) is 20.9. The van der Waals surface area contributed by atoms with Crippen LogP contribution in [0.1, 0.15) is 5.76 Å². The van der Waals surface area contributed by atoms with Gasteiger partial charge in [0.2, 0.25) is 0 Å². The average Bonchev–Trinajstić information content (AvgIpc) is 3.09. The number of nitrogens with zero attached hydrogens (tertiary/aromatic N) is 2. The number of hydrogen-bond donors (Lipinski definition) is 0. The van der Waals surface area contributed by atoms with Crippen LogP contribution in [0.5, 0.6) is 0 Å². The second-order valence-corrected chi connectivity index (χ2v) is 6.68. The number of aryl methyl sites for hydroxylation is 1. The Balaban J connectivity index is 1.96. The molecular formula is C21H14Cl2N2O. The van der Waals surface area contributed by atoms with E-state index in [1.165, 1.54) is 0 Å². The minimum absolute atomic E-state index is 0.608. The third kappa shape index (κ3) is 3.12. The van der Waals surface area contributed by atoms with Gasteiger partial charge in [-0.2, -0.15) is 0 Å². The largest absolute Gasteiger partial charge is 0.461 e. The Morgan fingerprint density at radius 1 is 0.731 bits per heavy atom. The molecule has 0 spiro atoms. The Labute approximate surface area is 161 Å². The van der Waals surface area contributed by atoms with E-state index in [9.17, 15) is 0 Å². The summed E-state index contributed by atoms with van der Waals surface area (Å²) < 4.78 is 5.85. The van der Waals surface area contributed by atoms with Gasteiger partial charge in [0, 0.05) is 16.7 Å². The highest BCUT2D eigenvalue weighted by Crippen LogP contribution is 2.37. The molecule has 0 fully saturated rings. The van der Waals surface area contributed by atoms with Crippen LogP contribution in [0.4, 0.5) is 0 Å². The molecule has 2 heterocycles. The van der Waals surface area contributed by atoms with Gasteiger partial charge < -0.3 is 4.42 Å². The first-order valence-corrected chi connectivity index (χ1v) is 8.83. The van der Waals surface area contributed by atoms with Crippen LogP contribution in [0.3, 0.4) is 0 Å². The van der Waals surface area contributed by atoms with Gasteiger partial charge in [-0.1, -0.05) is 59.6 Å². The van der Waals surface area contributed by atoms with Gasteiger partial charge in [0.05, 0.1) is 15.7 Å². The van der Waals surface area contributed by atoms with E-state index in [4.69, 9.17) is 27.6 Å². The SMILES string of the molecule is Cc1ccc(-c2cc(-c3ccccc3Cl)nnc2-c2ccccc2Cl)o1. The second kappa shape index (κ2) is 6.94. The Morgan fingerprint density at radius 3 is 2.00 bits per heavy atom. The van der Waals surface area contributed by atoms with E-state index in [1.54, 1.807) is 0 Å². The van der Waals surface area contributed by atoms with Crippen LogP contribution in [-0.2, 0) is 0 Å². The lowest BCUT2D eigenvalue weighted by Gasteiger charge is -2.10. The molecule has 4 rings (SSSR count). The number of furan rings is 1. The molecule has 0 bridgehead atoms. The fraction of sp³-hybridized carbons (Fsp3) is 0.0476. The molecule has 3 nitrogen and oxygen atoms in total. The van der Waals surface area contributed by atoms with E-state index < -0.39 is 0 Å². The molecule has 0 aliphatic carbocycles. The average molecular weight is 381 g/mol. The van der Waals surface area contributed by atoms with Crippen molar-refractivity contribution in [2.24, 2.45) is 0 Å². The highest BCUT2D eigenvalue weighted by Gasteiger charge is 2.17. The summed E-state index contributed by atoms with van der Waals surface area (Å²) in [7, 11) is 0. The predicted octanol–water partition coefficient (Wildman–Crippen LogP) is 6.69. The quantitative estimate of drug-likeness (QED) is 0.397. The van der Waals surface area contributed by atoms with Gasteiger partial charge in [-0.05, 0) is 37.3 Å². The van der Waals surface area contributed by atoms with Gasteiger partial charge >= 0.3 is 0 Å². The highest BCUT2D eigenvalue weighted by molar-refractivity contribution is 6.33. The van der Waals surface area contributed by atoms with Crippen LogP contribution in [0.15, 0.2) is 71.1 Å². The topological polar surface area (TPSA) is 38.9 Å². The molecule has 0 aliphatic heterocycles. The lowest BCUT2D eigenvalue weighted by atomic mass is 10.0. The van der Waals surface area contributed by atoms with Crippen molar-refractivity contribution in [3.63, 3.8) is 0 Å². The molecule has 0 unspecified atom stereocenters. The normalized spacial score (nSPS) is 10.9. The molecule has 0 N–H and O–H groups in total. The zero-order valence-corrected chi connectivity index (χ0v) is 15.4. The molecule has 0 saturated heterocycles. The van der Waals surface area contributed by atoms with Gasteiger partial charge in [0.1, 0.15) is 17.2 Å². The molecule has 0 amide bonds. The van der Waals surface area contributed by atoms with Crippen molar-refractivity contribution in [2.45, 2.75) is 6.92 Å². The zero-order chi connectivity index (χ0) is 18.1. The van der Waals surface area contributed by atoms with E-state index in [0.717, 1.165) is 22.5 Å². The molecule has 0 aliphatic rings. The van der Waals surface area contributed by atoms with Crippen molar-refractivity contribution in [3.8, 4) is 33.8 Å². The molecular weight excluding hydrogens is 367 g/mol. The second-order valence-electron chi connectivity index (χ2n) is 5.86. The van der Waals surface area contributed by atoms with Crippen LogP contribution >= 0.6 is 23.2 Å². The number of rotatable bonds is 3. The van der Waals surface area contributed by atoms with Crippen LogP contribution < -0.4 is 0 Å². The standard InChI is InChI=1S/C21H14Cl2N2O/c1-13-10-11-20(26-13)16-12-19(14-6-2-4-8-17(14)22)24-25-21(16)15-7-3-5-9-18(15)23/h2-12H,1H3. The van der Waals surface area contributed by atoms with Gasteiger partial charge in [0.15, 0.2) is 0 Å². The molecule has 0 atom stereocenters. The first-order valence-electron chi connectivity index (χ1n) is 8.08. The Morgan fingerprint density at radius 2 is 1.38 bits per heavy atom. The predicted molar refractivity (Wildman–Crippen MR) is 105 cm³/mol. The summed E-state index contributed by atoms with van der Waals surface area (Å²) >= 11 is 12.7. The number of halogens is 2. The smallest absolute Gasteiger partial charge is 0.136 e. The monoisotopic (exact) mass is 380 g/mol. The van der Waals surface area contributed by atoms with Crippen molar-refractivity contribution in [2.75, 3.05) is 0 Å². The molecule has 4 aromatic rings. The minimum atomic E-state index is 0.608. The fourth-order valence-corrected chi connectivity index (χ4v) is 3.27. The summed E-state index contributed by atoms with van der Waals surface area (Å²) in [6.45, 7) is 1.91. The van der Waals surface area contributed by atoms with Crippen LogP contribution in [-0.4, -0.2) is 10.2 Å². The van der Waals surface area contributed by atoms with Crippen molar-refractivity contribution in [3.05, 3.63) is 82.5 Å². The van der Waals surface area contributed by atoms with Crippen LogP contribution in [0.25, 0.3) is 33.8 Å². The maximum Gasteiger partial charge on any atom is 0.136 e. The Hall–Kier alpha value is -2.62. The van der Waals surface area contributed by atoms with Crippen molar-refractivity contribution in [1.82, 2.24) is 10.2 Å². The molecule has 0 radical (unpaired) electrons. The Kier molecular flexibility index (Phi) is 4.49. The summed E-state index contributed by atoms with van der Waals surface area (Å²) in [5.41, 5.74) is 3.78. The van der Waals surface area contributed by atoms with Crippen molar-refractivity contribution < 1.29 is 4.42 Å². The maximum atomic E-state index is 6.39. The van der Waals surface area contributed by atoms with Gasteiger partial charge in [-0.15, -0.1) is 10.2 Å². The molecule has 0 saturated carbocycles. The molecule has 26 heavy (non-hydrogen) atoms. The highest BCUT2D eigenvalue weighted by atomic mass is 35.5. The first kappa shape index (κ1) is 16.8. The van der Waals surface area contributed by atoms with Gasteiger partial charge in [0.25, 0.3) is 0 Å². The van der Waals surface area contributed by atoms with Gasteiger partial charge in [-0.3, -0.25) is 0 Å². The maximum absolute atomic E-state index is 6.39. The van der Waals surface area contributed by atoms with E-state index in [-0.39, 0.29) is 0 Å². The summed E-state index contributed by atoms with van der Waals surface area (Å²) in [5.74, 6) is 1.53. The number of hydrogen-bond acceptors (Lipinski definition) is 3. The minimum Gasteiger partial charge on any atom is -0.461 e. The third-order valence-corrected chi connectivity index (χ3v) is 4.74. The van der Waals surface area contributed by atoms with E-state index >= 15 is 0 Å². The van der Waals surface area contributed by atoms with Crippen LogP contribution in [0.2, 0.25) is 10.0 Å². The lowest BCUT2D eigenvalue weighted by Crippen LogP contribution is -1.96. The molecule has 2 aromatic heterocycles. The molecule has 5 heteroatoms. The fourth-order valence-electron chi connectivity index (χ4n) is 2.81. The number of benzene rings is 2. The zero-order valence-electron chi connectivity index (χ0n) is 13.9. The van der Waals surface area contributed by atoms with E-state index in [1.807, 2.05) is 73.7 Å². The van der Waals surface area contributed by atoms with Gasteiger partial charge in [-0.25, -0.2) is 0 Å². The first-order chi connectivity index (χ1) is 12.6. The number of aromatic nitrogens is 2. The summed E-state index contributed by atoms with van der Waals surface area (Å²) in [5, 5.41) is 10.1. The van der Waals surface area contributed by atoms with Crippen LogP contribution in [0, 0.1) is 6.92 Å². The third-order valence-electron chi connectivity index (χ3n) is 4.08. The van der Waals surface area contributed by atoms with E-state index in [2.05, 4.69) is 10.2 Å². The van der Waals surface area contributed by atoms with Crippen molar-refractivity contribution in [1.29, 1.82) is 0 Å². The molecule has 128 valence electrons. The van der Waals surface area contributed by atoms with E-state index in [0.29, 0.717) is 27.2 Å². The van der Waals surface area contributed by atoms with Crippen molar-refractivity contribution >= 4 is 23.2 Å².